The van der Waals surface area contributed by atoms with Crippen LogP contribution < -0.4 is 9.46 Å². The van der Waals surface area contributed by atoms with Crippen molar-refractivity contribution in [3.8, 4) is 5.75 Å². The molecule has 1 aliphatic rings. The molecule has 0 aromatic heterocycles. The Morgan fingerprint density at radius 3 is 2.39 bits per heavy atom. The molecule has 0 saturated heterocycles. The van der Waals surface area contributed by atoms with E-state index in [1.54, 1.807) is 24.3 Å². The van der Waals surface area contributed by atoms with Gasteiger partial charge in [-0.3, -0.25) is 0 Å². The number of hydrogen-bond donors (Lipinski definition) is 1. The van der Waals surface area contributed by atoms with Crippen LogP contribution >= 0.6 is 0 Å². The lowest BCUT2D eigenvalue weighted by Gasteiger charge is -2.22. The summed E-state index contributed by atoms with van der Waals surface area (Å²) < 4.78 is 33.8. The summed E-state index contributed by atoms with van der Waals surface area (Å²) in [5.41, 5.74) is 1.04. The van der Waals surface area contributed by atoms with Crippen molar-refractivity contribution in [1.29, 1.82) is 0 Å². The average Bonchev–Trinajstić information content (AvgIpc) is 2.95. The van der Waals surface area contributed by atoms with Gasteiger partial charge in [-0.15, -0.1) is 0 Å². The molecule has 23 heavy (non-hydrogen) atoms. The van der Waals surface area contributed by atoms with Crippen LogP contribution in [0.5, 0.6) is 5.75 Å². The first-order valence-corrected chi connectivity index (χ1v) is 9.34. The van der Waals surface area contributed by atoms with Crippen molar-refractivity contribution in [2.24, 2.45) is 0 Å². The topological polar surface area (TPSA) is 55.4 Å². The number of ether oxygens (including phenoxy) is 1. The van der Waals surface area contributed by atoms with E-state index in [1.165, 1.54) is 0 Å². The Balaban J connectivity index is 1.72. The molecule has 3 rings (SSSR count). The minimum atomic E-state index is -3.52. The van der Waals surface area contributed by atoms with Gasteiger partial charge in [0.1, 0.15) is 11.9 Å². The molecule has 1 aliphatic carbocycles. The minimum Gasteiger partial charge on any atom is -0.489 e. The van der Waals surface area contributed by atoms with Crippen LogP contribution in [0.3, 0.4) is 0 Å². The van der Waals surface area contributed by atoms with Crippen molar-refractivity contribution < 1.29 is 13.2 Å². The van der Waals surface area contributed by atoms with Crippen LogP contribution in [0, 0.1) is 6.92 Å². The van der Waals surface area contributed by atoms with E-state index in [0.29, 0.717) is 4.90 Å². The largest absolute Gasteiger partial charge is 0.489 e. The Kier molecular flexibility index (Phi) is 4.68. The molecule has 0 aliphatic heterocycles. The molecular formula is C18H21NO3S. The lowest BCUT2D eigenvalue weighted by atomic mass is 10.2. The zero-order valence-corrected chi connectivity index (χ0v) is 13.9. The number of sulfonamides is 1. The standard InChI is InChI=1S/C18H21NO3S/c1-14-10-12-16(13-11-14)23(20,21)19-17-8-5-9-18(17)22-15-6-3-2-4-7-15/h2-4,6-7,10-13,17-19H,5,8-9H2,1H3/t17-,18-/m1/s1. The molecule has 122 valence electrons. The van der Waals surface area contributed by atoms with E-state index in [2.05, 4.69) is 4.72 Å². The van der Waals surface area contributed by atoms with Crippen LogP contribution in [0.2, 0.25) is 0 Å². The number of aryl methyl sites for hydroxylation is 1. The molecule has 0 radical (unpaired) electrons. The normalized spacial score (nSPS) is 21.3. The van der Waals surface area contributed by atoms with Gasteiger partial charge in [0, 0.05) is 0 Å². The Bertz CT molecular complexity index is 742. The van der Waals surface area contributed by atoms with Crippen LogP contribution in [0.4, 0.5) is 0 Å². The zero-order valence-electron chi connectivity index (χ0n) is 13.1. The van der Waals surface area contributed by atoms with E-state index < -0.39 is 10.0 Å². The molecule has 1 saturated carbocycles. The maximum Gasteiger partial charge on any atom is 0.240 e. The van der Waals surface area contributed by atoms with Crippen molar-refractivity contribution >= 4 is 10.0 Å². The summed E-state index contributed by atoms with van der Waals surface area (Å²) in [5, 5.41) is 0. The number of hydrogen-bond acceptors (Lipinski definition) is 3. The second kappa shape index (κ2) is 6.72. The van der Waals surface area contributed by atoms with E-state index in [-0.39, 0.29) is 12.1 Å². The van der Waals surface area contributed by atoms with Crippen LogP contribution in [-0.2, 0) is 10.0 Å². The maximum absolute atomic E-state index is 12.5. The van der Waals surface area contributed by atoms with Gasteiger partial charge in [-0.2, -0.15) is 0 Å². The summed E-state index contributed by atoms with van der Waals surface area (Å²) in [6.45, 7) is 1.94. The minimum absolute atomic E-state index is 0.127. The molecule has 0 unspecified atom stereocenters. The summed E-state index contributed by atoms with van der Waals surface area (Å²) in [4.78, 5) is 0.300. The van der Waals surface area contributed by atoms with Gasteiger partial charge in [-0.05, 0) is 50.5 Å². The Morgan fingerprint density at radius 1 is 1.00 bits per heavy atom. The second-order valence-electron chi connectivity index (χ2n) is 5.94. The fourth-order valence-electron chi connectivity index (χ4n) is 2.86. The van der Waals surface area contributed by atoms with Crippen molar-refractivity contribution in [3.63, 3.8) is 0 Å². The number of para-hydroxylation sites is 1. The van der Waals surface area contributed by atoms with Crippen LogP contribution in [0.25, 0.3) is 0 Å². The van der Waals surface area contributed by atoms with Gasteiger partial charge in [0.2, 0.25) is 10.0 Å². The quantitative estimate of drug-likeness (QED) is 0.915. The predicted molar refractivity (Wildman–Crippen MR) is 90.0 cm³/mol. The fraction of sp³-hybridized carbons (Fsp3) is 0.333. The van der Waals surface area contributed by atoms with E-state index >= 15 is 0 Å². The van der Waals surface area contributed by atoms with E-state index in [9.17, 15) is 8.42 Å². The van der Waals surface area contributed by atoms with E-state index in [0.717, 1.165) is 30.6 Å². The monoisotopic (exact) mass is 331 g/mol. The molecule has 2 aromatic carbocycles. The Morgan fingerprint density at radius 2 is 1.70 bits per heavy atom. The molecule has 5 heteroatoms. The number of nitrogens with one attached hydrogen (secondary N) is 1. The van der Waals surface area contributed by atoms with Crippen LogP contribution in [-0.4, -0.2) is 20.6 Å². The lowest BCUT2D eigenvalue weighted by Crippen LogP contribution is -2.42. The summed E-state index contributed by atoms with van der Waals surface area (Å²) in [6, 6.07) is 16.2. The predicted octanol–water partition coefficient (Wildman–Crippen LogP) is 3.27. The fourth-order valence-corrected chi connectivity index (χ4v) is 4.16. The van der Waals surface area contributed by atoms with Gasteiger partial charge in [0.05, 0.1) is 10.9 Å². The van der Waals surface area contributed by atoms with Crippen molar-refractivity contribution in [2.45, 2.75) is 43.2 Å². The van der Waals surface area contributed by atoms with Gasteiger partial charge in [-0.25, -0.2) is 13.1 Å². The Hall–Kier alpha value is -1.85. The molecule has 2 aromatic rings. The van der Waals surface area contributed by atoms with Crippen LogP contribution in [0.15, 0.2) is 59.5 Å². The van der Waals surface area contributed by atoms with Gasteiger partial charge in [-0.1, -0.05) is 35.9 Å². The highest BCUT2D eigenvalue weighted by molar-refractivity contribution is 7.89. The van der Waals surface area contributed by atoms with E-state index in [4.69, 9.17) is 4.74 Å². The van der Waals surface area contributed by atoms with E-state index in [1.807, 2.05) is 37.3 Å². The number of benzene rings is 2. The summed E-state index contributed by atoms with van der Waals surface area (Å²) in [6.07, 6.45) is 2.48. The molecule has 0 bridgehead atoms. The highest BCUT2D eigenvalue weighted by Crippen LogP contribution is 2.26. The Labute approximate surface area is 137 Å². The molecule has 2 atom stereocenters. The van der Waals surface area contributed by atoms with Gasteiger partial charge >= 0.3 is 0 Å². The van der Waals surface area contributed by atoms with Crippen molar-refractivity contribution in [1.82, 2.24) is 4.72 Å². The lowest BCUT2D eigenvalue weighted by molar-refractivity contribution is 0.185. The number of rotatable bonds is 5. The first-order chi connectivity index (χ1) is 11.0. The average molecular weight is 331 g/mol. The smallest absolute Gasteiger partial charge is 0.240 e. The molecule has 4 nitrogen and oxygen atoms in total. The zero-order chi connectivity index (χ0) is 16.3. The van der Waals surface area contributed by atoms with Gasteiger partial charge in [0.25, 0.3) is 0 Å². The second-order valence-corrected chi connectivity index (χ2v) is 7.66. The SMILES string of the molecule is Cc1ccc(S(=O)(=O)N[C@@H]2CCC[C@H]2Oc2ccccc2)cc1. The molecule has 0 amide bonds. The first kappa shape index (κ1) is 16.0. The highest BCUT2D eigenvalue weighted by Gasteiger charge is 2.32. The summed E-state index contributed by atoms with van der Waals surface area (Å²) in [7, 11) is -3.52. The molecular weight excluding hydrogens is 310 g/mol. The highest BCUT2D eigenvalue weighted by atomic mass is 32.2. The van der Waals surface area contributed by atoms with Gasteiger partial charge in [0.15, 0.2) is 0 Å². The first-order valence-electron chi connectivity index (χ1n) is 7.85. The van der Waals surface area contributed by atoms with Gasteiger partial charge < -0.3 is 4.74 Å². The summed E-state index contributed by atoms with van der Waals surface area (Å²) in [5.74, 6) is 0.777. The third-order valence-electron chi connectivity index (χ3n) is 4.12. The molecule has 0 spiro atoms. The maximum atomic E-state index is 12.5. The summed E-state index contributed by atoms with van der Waals surface area (Å²) >= 11 is 0. The molecule has 0 heterocycles. The molecule has 1 fully saturated rings. The third kappa shape index (κ3) is 3.92. The van der Waals surface area contributed by atoms with Crippen molar-refractivity contribution in [2.75, 3.05) is 0 Å². The molecule has 1 N–H and O–H groups in total. The van der Waals surface area contributed by atoms with Crippen molar-refractivity contribution in [3.05, 3.63) is 60.2 Å². The van der Waals surface area contributed by atoms with Crippen LogP contribution in [0.1, 0.15) is 24.8 Å². The third-order valence-corrected chi connectivity index (χ3v) is 5.63.